The number of anilines is 1. The van der Waals surface area contributed by atoms with Gasteiger partial charge in [0.2, 0.25) is 0 Å². The maximum atomic E-state index is 12.7. The molecular formula is C13H12F3N3OS. The van der Waals surface area contributed by atoms with Gasteiger partial charge in [0.25, 0.3) is 5.91 Å². The maximum absolute atomic E-state index is 12.7. The van der Waals surface area contributed by atoms with Crippen LogP contribution in [0.25, 0.3) is 10.6 Å². The monoisotopic (exact) mass is 315 g/mol. The molecule has 3 N–H and O–H groups in total. The second-order valence-corrected chi connectivity index (χ2v) is 5.47. The normalized spacial score (nSPS) is 14.5. The van der Waals surface area contributed by atoms with E-state index in [0.717, 1.165) is 0 Å². The first kappa shape index (κ1) is 15.5. The summed E-state index contributed by atoms with van der Waals surface area (Å²) in [5.41, 5.74) is 3.05. The number of nitrogens with zero attached hydrogens (tertiary/aromatic N) is 1. The molecule has 0 fully saturated rings. The average molecular weight is 315 g/mol. The second-order valence-electron chi connectivity index (χ2n) is 4.57. The van der Waals surface area contributed by atoms with E-state index in [4.69, 9.17) is 5.73 Å². The molecule has 1 aromatic heterocycles. The molecule has 0 aliphatic heterocycles. The zero-order valence-corrected chi connectivity index (χ0v) is 11.8. The number of hydrogen-bond acceptors (Lipinski definition) is 4. The van der Waals surface area contributed by atoms with Crippen molar-refractivity contribution >= 4 is 22.9 Å². The Morgan fingerprint density at radius 3 is 2.67 bits per heavy atom. The van der Waals surface area contributed by atoms with Crippen molar-refractivity contribution in [2.75, 3.05) is 5.32 Å². The van der Waals surface area contributed by atoms with Crippen LogP contribution in [0.15, 0.2) is 35.8 Å². The number of nitrogens with two attached hydrogens (primary N) is 1. The SMILES string of the molecule is CC(N)(C(=O)Nc1cccc(-c2nccs2)c1)C(F)(F)F. The number of rotatable bonds is 3. The minimum Gasteiger partial charge on any atom is -0.324 e. The average Bonchev–Trinajstić information content (AvgIpc) is 2.91. The largest absolute Gasteiger partial charge is 0.415 e. The third-order valence-corrected chi connectivity index (χ3v) is 3.68. The highest BCUT2D eigenvalue weighted by molar-refractivity contribution is 7.13. The van der Waals surface area contributed by atoms with Crippen LogP contribution in [0.1, 0.15) is 6.92 Å². The lowest BCUT2D eigenvalue weighted by molar-refractivity contribution is -0.184. The Morgan fingerprint density at radius 2 is 2.10 bits per heavy atom. The molecule has 4 nitrogen and oxygen atoms in total. The molecule has 0 radical (unpaired) electrons. The van der Waals surface area contributed by atoms with Crippen LogP contribution in [-0.4, -0.2) is 22.6 Å². The number of halogens is 3. The Labute approximate surface area is 122 Å². The topological polar surface area (TPSA) is 68.0 Å². The van der Waals surface area contributed by atoms with E-state index in [9.17, 15) is 18.0 Å². The standard InChI is InChI=1S/C13H12F3N3OS/c1-12(17,13(14,15)16)11(20)19-9-4-2-3-8(7-9)10-18-5-6-21-10/h2-7H,17H2,1H3,(H,19,20). The number of carbonyl (C=O) groups excluding carboxylic acids is 1. The second kappa shape index (κ2) is 5.45. The van der Waals surface area contributed by atoms with Gasteiger partial charge in [-0.1, -0.05) is 12.1 Å². The summed E-state index contributed by atoms with van der Waals surface area (Å²) >= 11 is 1.38. The summed E-state index contributed by atoms with van der Waals surface area (Å²) < 4.78 is 38.1. The molecule has 0 aliphatic carbocycles. The van der Waals surface area contributed by atoms with Crippen LogP contribution in [0, 0.1) is 0 Å². The lowest BCUT2D eigenvalue weighted by Crippen LogP contribution is -2.59. The Morgan fingerprint density at radius 1 is 1.38 bits per heavy atom. The van der Waals surface area contributed by atoms with Gasteiger partial charge >= 0.3 is 6.18 Å². The number of thiazole rings is 1. The van der Waals surface area contributed by atoms with Crippen LogP contribution in [0.5, 0.6) is 0 Å². The van der Waals surface area contributed by atoms with E-state index in [1.807, 2.05) is 0 Å². The molecule has 0 spiro atoms. The first-order valence-electron chi connectivity index (χ1n) is 5.89. The Hall–Kier alpha value is -1.93. The molecule has 1 heterocycles. The Kier molecular flexibility index (Phi) is 4.02. The summed E-state index contributed by atoms with van der Waals surface area (Å²) in [5, 5.41) is 4.67. The zero-order valence-electron chi connectivity index (χ0n) is 10.9. The van der Waals surface area contributed by atoms with Crippen LogP contribution in [0.4, 0.5) is 18.9 Å². The van der Waals surface area contributed by atoms with Gasteiger partial charge < -0.3 is 11.1 Å². The Balaban J connectivity index is 2.21. The summed E-state index contributed by atoms with van der Waals surface area (Å²) in [5.74, 6) is -1.31. The number of aromatic nitrogens is 1. The van der Waals surface area contributed by atoms with Gasteiger partial charge in [0.15, 0.2) is 5.54 Å². The predicted octanol–water partition coefficient (Wildman–Crippen LogP) is 3.03. The van der Waals surface area contributed by atoms with E-state index in [1.165, 1.54) is 17.4 Å². The number of alkyl halides is 3. The fraction of sp³-hybridized carbons (Fsp3) is 0.231. The van der Waals surface area contributed by atoms with E-state index >= 15 is 0 Å². The predicted molar refractivity (Wildman–Crippen MR) is 74.8 cm³/mol. The fourth-order valence-corrected chi connectivity index (χ4v) is 2.12. The summed E-state index contributed by atoms with van der Waals surface area (Å²) in [7, 11) is 0. The van der Waals surface area contributed by atoms with Crippen LogP contribution < -0.4 is 11.1 Å². The maximum Gasteiger partial charge on any atom is 0.415 e. The highest BCUT2D eigenvalue weighted by Gasteiger charge is 2.53. The van der Waals surface area contributed by atoms with Crippen LogP contribution in [0.3, 0.4) is 0 Å². The zero-order chi connectivity index (χ0) is 15.7. The molecule has 21 heavy (non-hydrogen) atoms. The molecule has 112 valence electrons. The number of nitrogens with one attached hydrogen (secondary N) is 1. The van der Waals surface area contributed by atoms with E-state index in [1.54, 1.807) is 29.8 Å². The smallest absolute Gasteiger partial charge is 0.324 e. The van der Waals surface area contributed by atoms with Crippen molar-refractivity contribution in [3.63, 3.8) is 0 Å². The minimum atomic E-state index is -4.83. The molecule has 8 heteroatoms. The Bertz CT molecular complexity index is 638. The van der Waals surface area contributed by atoms with E-state index < -0.39 is 17.6 Å². The molecule has 1 atom stereocenters. The molecule has 1 aromatic carbocycles. The molecule has 1 unspecified atom stereocenters. The van der Waals surface area contributed by atoms with E-state index in [0.29, 0.717) is 17.5 Å². The summed E-state index contributed by atoms with van der Waals surface area (Å²) in [6.45, 7) is 0.632. The quantitative estimate of drug-likeness (QED) is 0.915. The number of benzene rings is 1. The van der Waals surface area contributed by atoms with E-state index in [-0.39, 0.29) is 5.69 Å². The lowest BCUT2D eigenvalue weighted by Gasteiger charge is -2.26. The van der Waals surface area contributed by atoms with Gasteiger partial charge in [-0.3, -0.25) is 4.79 Å². The first-order chi connectivity index (χ1) is 9.72. The van der Waals surface area contributed by atoms with Gasteiger partial charge in [-0.15, -0.1) is 11.3 Å². The third-order valence-electron chi connectivity index (χ3n) is 2.86. The minimum absolute atomic E-state index is 0.230. The van der Waals surface area contributed by atoms with Crippen molar-refractivity contribution in [3.05, 3.63) is 35.8 Å². The number of amides is 1. The summed E-state index contributed by atoms with van der Waals surface area (Å²) in [6.07, 6.45) is -3.21. The van der Waals surface area contributed by atoms with Crippen LogP contribution in [0.2, 0.25) is 0 Å². The number of hydrogen-bond donors (Lipinski definition) is 2. The van der Waals surface area contributed by atoms with Crippen molar-refractivity contribution in [2.45, 2.75) is 18.6 Å². The molecule has 0 aliphatic rings. The van der Waals surface area contributed by atoms with Gasteiger partial charge in [0, 0.05) is 22.8 Å². The molecule has 2 aromatic rings. The van der Waals surface area contributed by atoms with Crippen molar-refractivity contribution < 1.29 is 18.0 Å². The summed E-state index contributed by atoms with van der Waals surface area (Å²) in [4.78, 5) is 15.8. The van der Waals surface area contributed by atoms with Crippen LogP contribution >= 0.6 is 11.3 Å². The highest BCUT2D eigenvalue weighted by Crippen LogP contribution is 2.30. The fourth-order valence-electron chi connectivity index (χ4n) is 1.49. The lowest BCUT2D eigenvalue weighted by atomic mass is 10.0. The van der Waals surface area contributed by atoms with Gasteiger partial charge in [0.05, 0.1) is 0 Å². The van der Waals surface area contributed by atoms with Crippen molar-refractivity contribution in [3.8, 4) is 10.6 Å². The summed E-state index contributed by atoms with van der Waals surface area (Å²) in [6, 6.07) is 6.40. The first-order valence-corrected chi connectivity index (χ1v) is 6.77. The van der Waals surface area contributed by atoms with Gasteiger partial charge in [-0.2, -0.15) is 13.2 Å². The van der Waals surface area contributed by atoms with Crippen molar-refractivity contribution in [1.29, 1.82) is 0 Å². The van der Waals surface area contributed by atoms with E-state index in [2.05, 4.69) is 10.3 Å². The molecule has 1 amide bonds. The molecular weight excluding hydrogens is 303 g/mol. The van der Waals surface area contributed by atoms with Crippen LogP contribution in [-0.2, 0) is 4.79 Å². The van der Waals surface area contributed by atoms with Gasteiger partial charge in [0.1, 0.15) is 5.01 Å². The van der Waals surface area contributed by atoms with Crippen molar-refractivity contribution in [1.82, 2.24) is 4.98 Å². The third kappa shape index (κ3) is 3.22. The van der Waals surface area contributed by atoms with Gasteiger partial charge in [-0.05, 0) is 19.1 Å². The molecule has 0 saturated heterocycles. The molecule has 0 saturated carbocycles. The molecule has 2 rings (SSSR count). The highest BCUT2D eigenvalue weighted by atomic mass is 32.1. The van der Waals surface area contributed by atoms with Crippen molar-refractivity contribution in [2.24, 2.45) is 5.73 Å². The van der Waals surface area contributed by atoms with Gasteiger partial charge in [-0.25, -0.2) is 4.98 Å². The molecule has 0 bridgehead atoms. The number of carbonyl (C=O) groups is 1.